The predicted octanol–water partition coefficient (Wildman–Crippen LogP) is 4.77. The summed E-state index contributed by atoms with van der Waals surface area (Å²) in [5.41, 5.74) is 0.520. The molecular weight excluding hydrogens is 512 g/mol. The topological polar surface area (TPSA) is 99.1 Å². The van der Waals surface area contributed by atoms with Crippen LogP contribution in [0.4, 0.5) is 5.82 Å². The second-order valence-corrected chi connectivity index (χ2v) is 11.6. The van der Waals surface area contributed by atoms with Crippen molar-refractivity contribution in [3.8, 4) is 0 Å². The monoisotopic (exact) mass is 538 g/mol. The average Bonchev–Trinajstić information content (AvgIpc) is 3.30. The summed E-state index contributed by atoms with van der Waals surface area (Å²) in [7, 11) is 1.83. The molecule has 0 saturated heterocycles. The zero-order chi connectivity index (χ0) is 23.5. The highest BCUT2D eigenvalue weighted by Gasteiger charge is 2.60. The predicted molar refractivity (Wildman–Crippen MR) is 126 cm³/mol. The van der Waals surface area contributed by atoms with E-state index in [0.717, 1.165) is 37.8 Å². The van der Waals surface area contributed by atoms with Crippen LogP contribution in [0.25, 0.3) is 0 Å². The van der Waals surface area contributed by atoms with Crippen molar-refractivity contribution in [1.82, 2.24) is 24.5 Å². The van der Waals surface area contributed by atoms with Crippen LogP contribution in [0.1, 0.15) is 57.6 Å². The Labute approximate surface area is 205 Å². The minimum atomic E-state index is -0.443. The quantitative estimate of drug-likeness (QED) is 0.373. The van der Waals surface area contributed by atoms with Gasteiger partial charge in [0.1, 0.15) is 4.47 Å². The molecule has 2 atom stereocenters. The van der Waals surface area contributed by atoms with Gasteiger partial charge in [-0.15, -0.1) is 0 Å². The van der Waals surface area contributed by atoms with Gasteiger partial charge in [-0.25, -0.2) is 0 Å². The van der Waals surface area contributed by atoms with Crippen LogP contribution in [0.3, 0.4) is 0 Å². The molecule has 2 aromatic rings. The van der Waals surface area contributed by atoms with E-state index < -0.39 is 4.92 Å². The van der Waals surface area contributed by atoms with Crippen molar-refractivity contribution in [3.05, 3.63) is 37.7 Å². The summed E-state index contributed by atoms with van der Waals surface area (Å²) in [5.74, 6) is 1.03. The lowest BCUT2D eigenvalue weighted by Gasteiger charge is -2.61. The van der Waals surface area contributed by atoms with Crippen molar-refractivity contribution in [2.75, 3.05) is 7.05 Å². The summed E-state index contributed by atoms with van der Waals surface area (Å²) < 4.78 is 4.08. The van der Waals surface area contributed by atoms with Crippen LogP contribution >= 0.6 is 27.5 Å². The number of hydrogen-bond donors (Lipinski definition) is 0. The van der Waals surface area contributed by atoms with Gasteiger partial charge in [0.15, 0.2) is 0 Å². The van der Waals surface area contributed by atoms with Crippen molar-refractivity contribution in [2.24, 2.45) is 17.3 Å². The van der Waals surface area contributed by atoms with Gasteiger partial charge in [-0.3, -0.25) is 9.48 Å². The molecular formula is C22H28BrClN6O3. The fourth-order valence-electron chi connectivity index (χ4n) is 7.17. The van der Waals surface area contributed by atoms with Crippen LogP contribution < -0.4 is 0 Å². The van der Waals surface area contributed by atoms with Gasteiger partial charge in [0, 0.05) is 20.0 Å². The van der Waals surface area contributed by atoms with Crippen molar-refractivity contribution in [1.29, 1.82) is 0 Å². The Kier molecular flexibility index (Phi) is 5.59. The number of rotatable bonds is 7. The smallest absolute Gasteiger partial charge is 0.358 e. The van der Waals surface area contributed by atoms with Crippen LogP contribution in [0, 0.1) is 27.4 Å². The van der Waals surface area contributed by atoms with Gasteiger partial charge in [-0.1, -0.05) is 11.6 Å². The third kappa shape index (κ3) is 3.88. The van der Waals surface area contributed by atoms with Gasteiger partial charge >= 0.3 is 5.82 Å². The number of carbonyl (C=O) groups excluding carboxylic acids is 1. The molecule has 33 heavy (non-hydrogen) atoms. The summed E-state index contributed by atoms with van der Waals surface area (Å²) in [5, 5.41) is 20.6. The highest BCUT2D eigenvalue weighted by atomic mass is 79.9. The Hall–Kier alpha value is -1.94. The van der Waals surface area contributed by atoms with Crippen molar-refractivity contribution in [3.63, 3.8) is 0 Å². The molecule has 0 aliphatic heterocycles. The highest BCUT2D eigenvalue weighted by Crippen LogP contribution is 2.65. The number of carbonyl (C=O) groups is 1. The van der Waals surface area contributed by atoms with Crippen LogP contribution in [-0.4, -0.2) is 42.3 Å². The SMILES string of the molecule is CCn1ncc(Cl)c1CN(C)C(=O)CC12CC3CC(C1)CC(n1cc(Br)c([N+](=O)[O-])n1)(C3)C2. The molecule has 6 rings (SSSR count). The first-order chi connectivity index (χ1) is 15.6. The number of aryl methyl sites for hydroxylation is 1. The number of aromatic nitrogens is 4. The molecule has 1 amide bonds. The normalized spacial score (nSPS) is 30.1. The highest BCUT2D eigenvalue weighted by molar-refractivity contribution is 9.10. The number of nitrogens with zero attached hydrogens (tertiary/aromatic N) is 6. The fraction of sp³-hybridized carbons (Fsp3) is 0.682. The number of nitro groups is 1. The van der Waals surface area contributed by atoms with Gasteiger partial charge in [-0.05, 0) is 83.6 Å². The molecule has 11 heteroatoms. The second-order valence-electron chi connectivity index (χ2n) is 10.4. The van der Waals surface area contributed by atoms with E-state index in [9.17, 15) is 14.9 Å². The molecule has 4 aliphatic carbocycles. The number of hydrogen-bond acceptors (Lipinski definition) is 5. The van der Waals surface area contributed by atoms with E-state index >= 15 is 0 Å². The summed E-state index contributed by atoms with van der Waals surface area (Å²) in [6.45, 7) is 3.13. The largest absolute Gasteiger partial charge is 0.404 e. The zero-order valence-corrected chi connectivity index (χ0v) is 21.2. The van der Waals surface area contributed by atoms with E-state index in [1.165, 1.54) is 6.42 Å². The van der Waals surface area contributed by atoms with Crippen LogP contribution in [0.15, 0.2) is 16.9 Å². The lowest BCUT2D eigenvalue weighted by molar-refractivity contribution is -0.390. The van der Waals surface area contributed by atoms with Crippen LogP contribution in [0.5, 0.6) is 0 Å². The molecule has 0 aromatic carbocycles. The third-order valence-corrected chi connectivity index (χ3v) is 8.87. The third-order valence-electron chi connectivity index (χ3n) is 8.00. The maximum atomic E-state index is 13.4. The molecule has 0 spiro atoms. The van der Waals surface area contributed by atoms with E-state index in [1.807, 2.05) is 23.3 Å². The standard InChI is InChI=1S/C22H28BrClN6O3/c1-3-28-18(17(24)10-25-28)12-27(2)19(31)9-21-5-14-4-15(6-21)8-22(7-14,13-21)29-11-16(23)20(26-29)30(32)33/h10-11,14-15H,3-9,12-13H2,1-2H3. The van der Waals surface area contributed by atoms with Gasteiger partial charge in [-0.2, -0.15) is 9.78 Å². The van der Waals surface area contributed by atoms with E-state index in [0.29, 0.717) is 40.8 Å². The molecule has 0 radical (unpaired) electrons. The minimum absolute atomic E-state index is 0.0859. The zero-order valence-electron chi connectivity index (χ0n) is 18.8. The maximum absolute atomic E-state index is 13.4. The number of halogens is 2. The maximum Gasteiger partial charge on any atom is 0.404 e. The lowest BCUT2D eigenvalue weighted by atomic mass is 9.46. The first-order valence-electron chi connectivity index (χ1n) is 11.5. The first kappa shape index (κ1) is 22.8. The van der Waals surface area contributed by atoms with E-state index in [2.05, 4.69) is 26.1 Å². The Bertz CT molecular complexity index is 1100. The Morgan fingerprint density at radius 2 is 2.06 bits per heavy atom. The summed E-state index contributed by atoms with van der Waals surface area (Å²) in [4.78, 5) is 26.1. The van der Waals surface area contributed by atoms with E-state index in [1.54, 1.807) is 17.3 Å². The van der Waals surface area contributed by atoms with Gasteiger partial charge in [0.2, 0.25) is 5.91 Å². The van der Waals surface area contributed by atoms with Gasteiger partial charge < -0.3 is 15.0 Å². The lowest BCUT2D eigenvalue weighted by Crippen LogP contribution is -2.57. The molecule has 178 valence electrons. The average molecular weight is 540 g/mol. The Balaban J connectivity index is 1.37. The molecule has 2 heterocycles. The van der Waals surface area contributed by atoms with Crippen LogP contribution in [0.2, 0.25) is 5.02 Å². The molecule has 4 bridgehead atoms. The van der Waals surface area contributed by atoms with Crippen molar-refractivity contribution in [2.45, 2.75) is 70.5 Å². The Morgan fingerprint density at radius 3 is 2.67 bits per heavy atom. The van der Waals surface area contributed by atoms with Crippen LogP contribution in [-0.2, 0) is 23.4 Å². The summed E-state index contributed by atoms with van der Waals surface area (Å²) in [6.07, 6.45) is 9.95. The fourth-order valence-corrected chi connectivity index (χ4v) is 7.79. The van der Waals surface area contributed by atoms with Gasteiger partial charge in [0.25, 0.3) is 0 Å². The molecule has 2 aromatic heterocycles. The molecule has 2 unspecified atom stereocenters. The van der Waals surface area contributed by atoms with E-state index in [4.69, 9.17) is 11.6 Å². The minimum Gasteiger partial charge on any atom is -0.358 e. The number of amides is 1. The molecule has 4 fully saturated rings. The molecule has 4 aliphatic rings. The summed E-state index contributed by atoms with van der Waals surface area (Å²) >= 11 is 9.62. The molecule has 9 nitrogen and oxygen atoms in total. The van der Waals surface area contributed by atoms with Crippen molar-refractivity contribution >= 4 is 39.3 Å². The Morgan fingerprint density at radius 1 is 1.36 bits per heavy atom. The second kappa shape index (κ2) is 8.08. The molecule has 0 N–H and O–H groups in total. The summed E-state index contributed by atoms with van der Waals surface area (Å²) in [6, 6.07) is 0. The van der Waals surface area contributed by atoms with E-state index in [-0.39, 0.29) is 22.7 Å². The molecule has 4 saturated carbocycles. The van der Waals surface area contributed by atoms with Gasteiger partial charge in [0.05, 0.1) is 40.3 Å². The first-order valence-corrected chi connectivity index (χ1v) is 12.6. The van der Waals surface area contributed by atoms with Crippen molar-refractivity contribution < 1.29 is 9.72 Å².